The minimum absolute atomic E-state index is 0.422. The first kappa shape index (κ1) is 14.9. The minimum atomic E-state index is -0.596. The van der Waals surface area contributed by atoms with Gasteiger partial charge in [0.2, 0.25) is 5.91 Å². The van der Waals surface area contributed by atoms with Crippen LogP contribution in [0.15, 0.2) is 42.5 Å². The molecule has 2 aromatic carbocycles. The Labute approximate surface area is 124 Å². The van der Waals surface area contributed by atoms with Gasteiger partial charge < -0.3 is 15.8 Å². The lowest BCUT2D eigenvalue weighted by molar-refractivity contribution is -0.118. The molecule has 110 valence electrons. The zero-order valence-corrected chi connectivity index (χ0v) is 12.5. The van der Waals surface area contributed by atoms with Gasteiger partial charge in [-0.1, -0.05) is 35.9 Å². The van der Waals surface area contributed by atoms with Crippen molar-refractivity contribution in [3.05, 3.63) is 59.2 Å². The fourth-order valence-electron chi connectivity index (χ4n) is 2.29. The Hall–Kier alpha value is -2.49. The van der Waals surface area contributed by atoms with E-state index in [9.17, 15) is 4.79 Å². The van der Waals surface area contributed by atoms with Crippen LogP contribution >= 0.6 is 0 Å². The molecule has 3 N–H and O–H groups in total. The molecule has 4 heteroatoms. The van der Waals surface area contributed by atoms with Gasteiger partial charge in [0.25, 0.3) is 0 Å². The number of carbonyl (C=O) groups is 1. The molecule has 21 heavy (non-hydrogen) atoms. The van der Waals surface area contributed by atoms with Crippen LogP contribution in [-0.4, -0.2) is 13.0 Å². The van der Waals surface area contributed by atoms with Crippen molar-refractivity contribution in [1.82, 2.24) is 0 Å². The van der Waals surface area contributed by atoms with Crippen LogP contribution in [0.25, 0.3) is 0 Å². The van der Waals surface area contributed by atoms with Crippen molar-refractivity contribution in [2.45, 2.75) is 19.9 Å². The van der Waals surface area contributed by atoms with Crippen molar-refractivity contribution in [2.75, 3.05) is 12.4 Å². The second-order valence-corrected chi connectivity index (χ2v) is 5.04. The van der Waals surface area contributed by atoms with Crippen molar-refractivity contribution in [3.63, 3.8) is 0 Å². The van der Waals surface area contributed by atoms with Crippen molar-refractivity contribution < 1.29 is 9.53 Å². The zero-order valence-electron chi connectivity index (χ0n) is 12.5. The van der Waals surface area contributed by atoms with E-state index in [1.165, 1.54) is 0 Å². The highest BCUT2D eigenvalue weighted by atomic mass is 16.5. The highest BCUT2D eigenvalue weighted by Gasteiger charge is 2.21. The Morgan fingerprint density at radius 2 is 1.90 bits per heavy atom. The first-order chi connectivity index (χ1) is 10.0. The summed E-state index contributed by atoms with van der Waals surface area (Å²) in [5, 5.41) is 3.18. The highest BCUT2D eigenvalue weighted by Crippen LogP contribution is 2.29. The van der Waals surface area contributed by atoms with Gasteiger partial charge in [0.05, 0.1) is 12.8 Å². The van der Waals surface area contributed by atoms with Gasteiger partial charge in [-0.05, 0) is 37.1 Å². The summed E-state index contributed by atoms with van der Waals surface area (Å²) in [5.74, 6) is 0.253. The van der Waals surface area contributed by atoms with Crippen molar-refractivity contribution in [1.29, 1.82) is 0 Å². The summed E-state index contributed by atoms with van der Waals surface area (Å²) >= 11 is 0. The number of ether oxygens (including phenoxy) is 1. The molecule has 1 unspecified atom stereocenters. The number of aryl methyl sites for hydroxylation is 2. The van der Waals surface area contributed by atoms with E-state index in [0.29, 0.717) is 5.75 Å². The topological polar surface area (TPSA) is 64.3 Å². The maximum Gasteiger partial charge on any atom is 0.244 e. The molecular weight excluding hydrogens is 264 g/mol. The number of hydrogen-bond donors (Lipinski definition) is 2. The van der Waals surface area contributed by atoms with Gasteiger partial charge >= 0.3 is 0 Å². The molecule has 0 spiro atoms. The number of carbonyl (C=O) groups excluding carboxylic acids is 1. The molecule has 0 radical (unpaired) electrons. The number of amides is 1. The quantitative estimate of drug-likeness (QED) is 0.887. The maximum atomic E-state index is 11.9. The summed E-state index contributed by atoms with van der Waals surface area (Å²) in [6, 6.07) is 12.8. The van der Waals surface area contributed by atoms with E-state index in [1.54, 1.807) is 7.11 Å². The van der Waals surface area contributed by atoms with Gasteiger partial charge in [-0.2, -0.15) is 0 Å². The fourth-order valence-corrected chi connectivity index (χ4v) is 2.29. The van der Waals surface area contributed by atoms with Crippen molar-refractivity contribution in [3.8, 4) is 5.75 Å². The lowest BCUT2D eigenvalue weighted by atomic mass is 9.98. The number of rotatable bonds is 5. The number of primary amides is 1. The van der Waals surface area contributed by atoms with Crippen LogP contribution in [0.1, 0.15) is 22.7 Å². The molecule has 0 saturated carbocycles. The molecule has 0 heterocycles. The largest absolute Gasteiger partial charge is 0.495 e. The predicted octanol–water partition coefficient (Wildman–Crippen LogP) is 2.95. The summed E-state index contributed by atoms with van der Waals surface area (Å²) in [6.45, 7) is 3.96. The van der Waals surface area contributed by atoms with E-state index in [0.717, 1.165) is 22.4 Å². The van der Waals surface area contributed by atoms with Crippen LogP contribution in [0.4, 0.5) is 5.69 Å². The molecule has 0 fully saturated rings. The second kappa shape index (κ2) is 6.31. The molecule has 1 amide bonds. The molecule has 0 bridgehead atoms. The monoisotopic (exact) mass is 284 g/mol. The molecule has 2 rings (SSSR count). The fraction of sp³-hybridized carbons (Fsp3) is 0.235. The Morgan fingerprint density at radius 3 is 2.57 bits per heavy atom. The molecule has 0 aliphatic rings. The lowest BCUT2D eigenvalue weighted by Crippen LogP contribution is -2.28. The zero-order chi connectivity index (χ0) is 15.4. The van der Waals surface area contributed by atoms with Crippen LogP contribution in [-0.2, 0) is 4.79 Å². The number of nitrogens with two attached hydrogens (primary N) is 1. The molecule has 4 nitrogen and oxygen atoms in total. The summed E-state index contributed by atoms with van der Waals surface area (Å²) in [4.78, 5) is 11.9. The Balaban J connectivity index is 2.40. The van der Waals surface area contributed by atoms with Gasteiger partial charge in [0, 0.05) is 0 Å². The number of anilines is 1. The van der Waals surface area contributed by atoms with Crippen LogP contribution in [0, 0.1) is 13.8 Å². The van der Waals surface area contributed by atoms with Gasteiger partial charge in [-0.15, -0.1) is 0 Å². The smallest absolute Gasteiger partial charge is 0.244 e. The van der Waals surface area contributed by atoms with Crippen LogP contribution in [0.5, 0.6) is 5.75 Å². The number of para-hydroxylation sites is 2. The molecular formula is C17H20N2O2. The average Bonchev–Trinajstić information content (AvgIpc) is 2.47. The summed E-state index contributed by atoms with van der Waals surface area (Å²) in [7, 11) is 1.59. The molecule has 0 aliphatic heterocycles. The van der Waals surface area contributed by atoms with Crippen LogP contribution < -0.4 is 15.8 Å². The van der Waals surface area contributed by atoms with E-state index in [-0.39, 0.29) is 0 Å². The Bertz CT molecular complexity index is 653. The number of nitrogens with one attached hydrogen (secondary N) is 1. The molecule has 0 saturated heterocycles. The minimum Gasteiger partial charge on any atom is -0.495 e. The number of benzene rings is 2. The van der Waals surface area contributed by atoms with E-state index >= 15 is 0 Å². The Kier molecular flexibility index (Phi) is 4.48. The second-order valence-electron chi connectivity index (χ2n) is 5.04. The molecule has 1 atom stereocenters. The lowest BCUT2D eigenvalue weighted by Gasteiger charge is -2.21. The number of hydrogen-bond acceptors (Lipinski definition) is 3. The normalized spacial score (nSPS) is 11.8. The predicted molar refractivity (Wildman–Crippen MR) is 84.5 cm³/mol. The van der Waals surface area contributed by atoms with Gasteiger partial charge in [0.1, 0.15) is 11.8 Å². The summed E-state index contributed by atoms with van der Waals surface area (Å²) in [5.41, 5.74) is 9.31. The Morgan fingerprint density at radius 1 is 1.19 bits per heavy atom. The summed E-state index contributed by atoms with van der Waals surface area (Å²) in [6.07, 6.45) is 0. The van der Waals surface area contributed by atoms with E-state index in [4.69, 9.17) is 10.5 Å². The third-order valence-corrected chi connectivity index (χ3v) is 3.44. The third kappa shape index (κ3) is 3.34. The van der Waals surface area contributed by atoms with Crippen molar-refractivity contribution >= 4 is 11.6 Å². The average molecular weight is 284 g/mol. The van der Waals surface area contributed by atoms with Crippen molar-refractivity contribution in [2.24, 2.45) is 5.73 Å². The SMILES string of the molecule is COc1ccccc1NC(C(N)=O)c1cc(C)ccc1C. The molecule has 2 aromatic rings. The first-order valence-corrected chi connectivity index (χ1v) is 6.79. The van der Waals surface area contributed by atoms with Gasteiger partial charge in [-0.3, -0.25) is 4.79 Å². The molecule has 0 aliphatic carbocycles. The standard InChI is InChI=1S/C17H20N2O2/c1-11-8-9-12(2)13(10-11)16(17(18)20)19-14-6-4-5-7-15(14)21-3/h4-10,16,19H,1-3H3,(H2,18,20). The van der Waals surface area contributed by atoms with E-state index in [2.05, 4.69) is 5.32 Å². The highest BCUT2D eigenvalue weighted by molar-refractivity contribution is 5.85. The van der Waals surface area contributed by atoms with Crippen LogP contribution in [0.2, 0.25) is 0 Å². The maximum absolute atomic E-state index is 11.9. The number of methoxy groups -OCH3 is 1. The van der Waals surface area contributed by atoms with E-state index in [1.807, 2.05) is 56.3 Å². The first-order valence-electron chi connectivity index (χ1n) is 6.79. The van der Waals surface area contributed by atoms with Crippen LogP contribution in [0.3, 0.4) is 0 Å². The molecule has 0 aromatic heterocycles. The van der Waals surface area contributed by atoms with E-state index < -0.39 is 11.9 Å². The summed E-state index contributed by atoms with van der Waals surface area (Å²) < 4.78 is 5.30. The van der Waals surface area contributed by atoms with Gasteiger partial charge in [-0.25, -0.2) is 0 Å². The van der Waals surface area contributed by atoms with Gasteiger partial charge in [0.15, 0.2) is 0 Å². The third-order valence-electron chi connectivity index (χ3n) is 3.44.